The van der Waals surface area contributed by atoms with E-state index in [-0.39, 0.29) is 12.5 Å². The lowest BCUT2D eigenvalue weighted by Gasteiger charge is -2.11. The van der Waals surface area contributed by atoms with E-state index < -0.39 is 5.97 Å². The highest BCUT2D eigenvalue weighted by Crippen LogP contribution is 2.17. The molecule has 0 unspecified atom stereocenters. The van der Waals surface area contributed by atoms with Gasteiger partial charge in [0, 0.05) is 19.5 Å². The van der Waals surface area contributed by atoms with Crippen molar-refractivity contribution in [3.8, 4) is 5.75 Å². The highest BCUT2D eigenvalue weighted by molar-refractivity contribution is 5.73. The molecule has 116 valence electrons. The van der Waals surface area contributed by atoms with Crippen molar-refractivity contribution < 1.29 is 19.4 Å². The molecule has 1 aromatic carbocycles. The van der Waals surface area contributed by atoms with Gasteiger partial charge in [-0.25, -0.2) is 4.79 Å². The summed E-state index contributed by atoms with van der Waals surface area (Å²) in [6, 6.07) is 7.44. The number of carboxylic acids is 1. The van der Waals surface area contributed by atoms with Gasteiger partial charge in [0.1, 0.15) is 5.75 Å². The van der Waals surface area contributed by atoms with Gasteiger partial charge in [0.15, 0.2) is 0 Å². The van der Waals surface area contributed by atoms with Gasteiger partial charge in [-0.15, -0.1) is 0 Å². The molecule has 1 aromatic rings. The van der Waals surface area contributed by atoms with Gasteiger partial charge in [0.05, 0.1) is 6.61 Å². The van der Waals surface area contributed by atoms with Crippen molar-refractivity contribution in [2.45, 2.75) is 26.2 Å². The summed E-state index contributed by atoms with van der Waals surface area (Å²) < 4.78 is 5.51. The zero-order valence-electron chi connectivity index (χ0n) is 12.2. The topological polar surface area (TPSA) is 87.7 Å². The van der Waals surface area contributed by atoms with Crippen molar-refractivity contribution in [1.82, 2.24) is 10.6 Å². The van der Waals surface area contributed by atoms with Gasteiger partial charge in [0.2, 0.25) is 0 Å². The predicted octanol–water partition coefficient (Wildman–Crippen LogP) is 1.79. The molecule has 6 nitrogen and oxygen atoms in total. The van der Waals surface area contributed by atoms with Crippen LogP contribution >= 0.6 is 0 Å². The summed E-state index contributed by atoms with van der Waals surface area (Å²) in [6.45, 7) is 3.39. The van der Waals surface area contributed by atoms with Gasteiger partial charge in [-0.1, -0.05) is 18.2 Å². The number of benzene rings is 1. The minimum atomic E-state index is -0.857. The lowest BCUT2D eigenvalue weighted by atomic mass is 10.1. The van der Waals surface area contributed by atoms with Crippen LogP contribution in [0.5, 0.6) is 5.75 Å². The number of rotatable bonds is 9. The van der Waals surface area contributed by atoms with E-state index >= 15 is 0 Å². The number of para-hydroxylation sites is 1. The molecule has 0 radical (unpaired) electrons. The Bertz CT molecular complexity index is 463. The normalized spacial score (nSPS) is 9.95. The van der Waals surface area contributed by atoms with E-state index in [1.165, 1.54) is 0 Å². The highest BCUT2D eigenvalue weighted by Gasteiger charge is 2.04. The summed E-state index contributed by atoms with van der Waals surface area (Å²) in [5.74, 6) is -0.0200. The standard InChI is InChI=1S/C15H22N2O4/c1-2-21-13-7-4-3-6-12(13)9-11-17-15(20)16-10-5-8-14(18)19/h3-4,6-7H,2,5,8-11H2,1H3,(H,18,19)(H2,16,17,20). The first-order chi connectivity index (χ1) is 10.1. The number of amides is 2. The van der Waals surface area contributed by atoms with E-state index in [4.69, 9.17) is 9.84 Å². The first-order valence-corrected chi connectivity index (χ1v) is 7.07. The molecule has 0 aliphatic rings. The smallest absolute Gasteiger partial charge is 0.314 e. The van der Waals surface area contributed by atoms with Crippen LogP contribution in [0.4, 0.5) is 4.79 Å². The van der Waals surface area contributed by atoms with E-state index in [1.54, 1.807) is 0 Å². The maximum Gasteiger partial charge on any atom is 0.314 e. The van der Waals surface area contributed by atoms with Crippen LogP contribution in [0.25, 0.3) is 0 Å². The van der Waals surface area contributed by atoms with Crippen LogP contribution in [0.15, 0.2) is 24.3 Å². The zero-order valence-corrected chi connectivity index (χ0v) is 12.2. The molecular weight excluding hydrogens is 272 g/mol. The van der Waals surface area contributed by atoms with Gasteiger partial charge in [-0.2, -0.15) is 0 Å². The summed E-state index contributed by atoms with van der Waals surface area (Å²) in [5, 5.41) is 13.8. The quantitative estimate of drug-likeness (QED) is 0.606. The van der Waals surface area contributed by atoms with Gasteiger partial charge in [-0.3, -0.25) is 4.79 Å². The fourth-order valence-electron chi connectivity index (χ4n) is 1.82. The molecule has 3 N–H and O–H groups in total. The number of hydrogen-bond donors (Lipinski definition) is 3. The fraction of sp³-hybridized carbons (Fsp3) is 0.467. The maximum absolute atomic E-state index is 11.5. The number of urea groups is 1. The minimum Gasteiger partial charge on any atom is -0.494 e. The van der Waals surface area contributed by atoms with Crippen LogP contribution in [0.1, 0.15) is 25.3 Å². The van der Waals surface area contributed by atoms with E-state index in [0.717, 1.165) is 11.3 Å². The summed E-state index contributed by atoms with van der Waals surface area (Å²) in [6.07, 6.45) is 1.16. The van der Waals surface area contributed by atoms with Gasteiger partial charge < -0.3 is 20.5 Å². The lowest BCUT2D eigenvalue weighted by Crippen LogP contribution is -2.37. The summed E-state index contributed by atoms with van der Waals surface area (Å²) >= 11 is 0. The van der Waals surface area contributed by atoms with Crippen LogP contribution < -0.4 is 15.4 Å². The average molecular weight is 294 g/mol. The van der Waals surface area contributed by atoms with Crippen LogP contribution in [0.3, 0.4) is 0 Å². The molecule has 0 bridgehead atoms. The number of aliphatic carboxylic acids is 1. The highest BCUT2D eigenvalue weighted by atomic mass is 16.5. The molecule has 21 heavy (non-hydrogen) atoms. The Morgan fingerprint density at radius 2 is 1.90 bits per heavy atom. The molecule has 0 aliphatic heterocycles. The van der Waals surface area contributed by atoms with E-state index in [9.17, 15) is 9.59 Å². The fourth-order valence-corrected chi connectivity index (χ4v) is 1.82. The van der Waals surface area contributed by atoms with Crippen molar-refractivity contribution in [3.05, 3.63) is 29.8 Å². The molecule has 0 atom stereocenters. The zero-order chi connectivity index (χ0) is 15.5. The molecule has 0 saturated heterocycles. The molecule has 0 spiro atoms. The number of carbonyl (C=O) groups excluding carboxylic acids is 1. The Balaban J connectivity index is 2.24. The van der Waals surface area contributed by atoms with Crippen LogP contribution in [-0.2, 0) is 11.2 Å². The second kappa shape index (κ2) is 9.63. The Hall–Kier alpha value is -2.24. The maximum atomic E-state index is 11.5. The molecule has 1 rings (SSSR count). The molecule has 0 heterocycles. The average Bonchev–Trinajstić information content (AvgIpc) is 2.45. The van der Waals surface area contributed by atoms with E-state index in [2.05, 4.69) is 10.6 Å². The number of nitrogens with one attached hydrogen (secondary N) is 2. The largest absolute Gasteiger partial charge is 0.494 e. The molecule has 0 fully saturated rings. The Labute approximate surface area is 124 Å². The Kier molecular flexibility index (Phi) is 7.71. The number of carbonyl (C=O) groups is 2. The van der Waals surface area contributed by atoms with Crippen molar-refractivity contribution in [3.63, 3.8) is 0 Å². The third-order valence-electron chi connectivity index (χ3n) is 2.81. The molecule has 6 heteroatoms. The van der Waals surface area contributed by atoms with Crippen LogP contribution in [0.2, 0.25) is 0 Å². The first kappa shape index (κ1) is 16.8. The van der Waals surface area contributed by atoms with Gasteiger partial charge in [0.25, 0.3) is 0 Å². The van der Waals surface area contributed by atoms with Crippen LogP contribution in [-0.4, -0.2) is 36.8 Å². The molecular formula is C15H22N2O4. The van der Waals surface area contributed by atoms with Crippen molar-refractivity contribution in [2.75, 3.05) is 19.7 Å². The van der Waals surface area contributed by atoms with Crippen LogP contribution in [0, 0.1) is 0 Å². The number of ether oxygens (including phenoxy) is 1. The summed E-state index contributed by atoms with van der Waals surface area (Å²) in [7, 11) is 0. The minimum absolute atomic E-state index is 0.0576. The lowest BCUT2D eigenvalue weighted by molar-refractivity contribution is -0.137. The molecule has 0 aromatic heterocycles. The van der Waals surface area contributed by atoms with Crippen molar-refractivity contribution in [1.29, 1.82) is 0 Å². The first-order valence-electron chi connectivity index (χ1n) is 7.07. The van der Waals surface area contributed by atoms with Crippen molar-refractivity contribution in [2.24, 2.45) is 0 Å². The SMILES string of the molecule is CCOc1ccccc1CCNC(=O)NCCCC(=O)O. The summed E-state index contributed by atoms with van der Waals surface area (Å²) in [5.41, 5.74) is 1.05. The summed E-state index contributed by atoms with van der Waals surface area (Å²) in [4.78, 5) is 21.8. The van der Waals surface area contributed by atoms with Gasteiger partial charge in [-0.05, 0) is 31.4 Å². The monoisotopic (exact) mass is 294 g/mol. The number of carboxylic acid groups (broad SMARTS) is 1. The second-order valence-electron chi connectivity index (χ2n) is 4.47. The Morgan fingerprint density at radius 1 is 1.19 bits per heavy atom. The Morgan fingerprint density at radius 3 is 2.62 bits per heavy atom. The van der Waals surface area contributed by atoms with E-state index in [0.29, 0.717) is 32.5 Å². The number of hydrogen-bond acceptors (Lipinski definition) is 3. The van der Waals surface area contributed by atoms with Gasteiger partial charge >= 0.3 is 12.0 Å². The molecule has 0 saturated carbocycles. The van der Waals surface area contributed by atoms with Crippen molar-refractivity contribution >= 4 is 12.0 Å². The third-order valence-corrected chi connectivity index (χ3v) is 2.81. The third kappa shape index (κ3) is 7.20. The molecule has 2 amide bonds. The predicted molar refractivity (Wildman–Crippen MR) is 79.6 cm³/mol. The van der Waals surface area contributed by atoms with E-state index in [1.807, 2.05) is 31.2 Å². The second-order valence-corrected chi connectivity index (χ2v) is 4.47. The molecule has 0 aliphatic carbocycles.